The van der Waals surface area contributed by atoms with Gasteiger partial charge in [0.05, 0.1) is 11.2 Å². The number of hydrogen-bond donors (Lipinski definition) is 1. The smallest absolute Gasteiger partial charge is 0.330 e. The molecule has 1 aliphatic rings. The Hall–Kier alpha value is -3.08. The Morgan fingerprint density at radius 2 is 1.53 bits per heavy atom. The topological polar surface area (TPSA) is 42.6 Å². The molecule has 32 heavy (non-hydrogen) atoms. The Morgan fingerprint density at radius 1 is 0.750 bits per heavy atom. The van der Waals surface area contributed by atoms with Crippen molar-refractivity contribution in [1.29, 1.82) is 0 Å². The third kappa shape index (κ3) is 2.70. The van der Waals surface area contributed by atoms with Crippen molar-refractivity contribution in [2.24, 2.45) is 0 Å². The molecule has 0 atom stereocenters. The largest absolute Gasteiger partial charge is 0.455 e. The van der Waals surface area contributed by atoms with Crippen LogP contribution in [0.5, 0.6) is 0 Å². The molecule has 0 saturated heterocycles. The molecule has 0 fully saturated rings. The molecule has 1 heterocycles. The highest BCUT2D eigenvalue weighted by Gasteiger charge is 2.36. The van der Waals surface area contributed by atoms with Crippen molar-refractivity contribution >= 4 is 45.7 Å². The van der Waals surface area contributed by atoms with Crippen LogP contribution in [0.25, 0.3) is 55.0 Å². The number of benzene rings is 4. The first-order valence-corrected chi connectivity index (χ1v) is 11.0. The fourth-order valence-electron chi connectivity index (χ4n) is 4.55. The van der Waals surface area contributed by atoms with Gasteiger partial charge in [-0.15, -0.1) is 0 Å². The quantitative estimate of drug-likeness (QED) is 0.346. The number of rotatable bonds is 4. The Balaban J connectivity index is 1.50. The van der Waals surface area contributed by atoms with Crippen LogP contribution >= 0.6 is 0 Å². The summed E-state index contributed by atoms with van der Waals surface area (Å²) < 4.78 is 12.3. The van der Waals surface area contributed by atoms with E-state index in [2.05, 4.69) is 54.6 Å². The van der Waals surface area contributed by atoms with Crippen LogP contribution < -0.4 is 5.46 Å². The van der Waals surface area contributed by atoms with E-state index in [1.165, 1.54) is 27.6 Å². The van der Waals surface area contributed by atoms with E-state index in [1.807, 2.05) is 26.0 Å². The van der Waals surface area contributed by atoms with Gasteiger partial charge < -0.3 is 14.2 Å². The highest BCUT2D eigenvalue weighted by Crippen LogP contribution is 2.50. The minimum atomic E-state index is -0.959. The lowest BCUT2D eigenvalue weighted by Crippen LogP contribution is -2.49. The average molecular weight is 419 g/mol. The molecule has 1 aromatic heterocycles. The molecular formula is C28H24BO3. The summed E-state index contributed by atoms with van der Waals surface area (Å²) in [4.78, 5) is 0. The van der Waals surface area contributed by atoms with Crippen LogP contribution in [0.15, 0.2) is 71.1 Å². The van der Waals surface area contributed by atoms with E-state index in [1.54, 1.807) is 21.3 Å². The van der Waals surface area contributed by atoms with Crippen LogP contribution in [0.1, 0.15) is 27.7 Å². The summed E-state index contributed by atoms with van der Waals surface area (Å²) in [5.74, 6) is 0. The van der Waals surface area contributed by atoms with Crippen molar-refractivity contribution in [3.8, 4) is 22.3 Å². The fourth-order valence-corrected chi connectivity index (χ4v) is 4.55. The lowest BCUT2D eigenvalue weighted by atomic mass is 9.81. The van der Waals surface area contributed by atoms with E-state index in [0.717, 1.165) is 32.8 Å². The molecule has 0 amide bonds. The lowest BCUT2D eigenvalue weighted by molar-refractivity contribution is -0.0893. The number of aliphatic hydroxyl groups is 1. The summed E-state index contributed by atoms with van der Waals surface area (Å²) in [5, 5.41) is 15.1. The van der Waals surface area contributed by atoms with E-state index in [4.69, 9.17) is 9.07 Å². The molecule has 0 unspecified atom stereocenters. The molecular weight excluding hydrogens is 395 g/mol. The summed E-state index contributed by atoms with van der Waals surface area (Å²) in [6.07, 6.45) is 0. The number of hydrogen-bond acceptors (Lipinski definition) is 3. The zero-order valence-electron chi connectivity index (χ0n) is 18.7. The van der Waals surface area contributed by atoms with E-state index >= 15 is 0 Å². The van der Waals surface area contributed by atoms with Crippen LogP contribution in [0.4, 0.5) is 0 Å². The standard InChI is InChI=1S/C28H24BO3/c1-27(2,30)28(3,4)32-29-16-12-13-17-21(14-16)19-9-7-10-20-25(19)22(17)15-23-18-8-5-6-11-24(18)31-26(20)23/h5-15,30H,1-4H3. The van der Waals surface area contributed by atoms with Gasteiger partial charge in [-0.25, -0.2) is 0 Å². The van der Waals surface area contributed by atoms with Crippen molar-refractivity contribution in [1.82, 2.24) is 0 Å². The van der Waals surface area contributed by atoms with Crippen LogP contribution in [-0.4, -0.2) is 23.8 Å². The fraction of sp³-hybridized carbons (Fsp3) is 0.214. The second kappa shape index (κ2) is 6.47. The van der Waals surface area contributed by atoms with Crippen molar-refractivity contribution in [3.05, 3.63) is 66.7 Å². The minimum absolute atomic E-state index is 0.708. The molecule has 0 aliphatic heterocycles. The SMILES string of the molecule is CC(C)(O)C(C)(C)O[B]c1ccc2c(c1)-c1cccc3c1c-2cc1c2ccccc2oc31. The highest BCUT2D eigenvalue weighted by molar-refractivity contribution is 6.47. The summed E-state index contributed by atoms with van der Waals surface area (Å²) >= 11 is 0. The zero-order valence-corrected chi connectivity index (χ0v) is 18.7. The van der Waals surface area contributed by atoms with E-state index in [0.29, 0.717) is 0 Å². The van der Waals surface area contributed by atoms with Gasteiger partial charge in [-0.1, -0.05) is 60.1 Å². The van der Waals surface area contributed by atoms with Crippen LogP contribution in [0.2, 0.25) is 0 Å². The molecule has 0 spiro atoms. The van der Waals surface area contributed by atoms with Gasteiger partial charge in [0, 0.05) is 21.5 Å². The van der Waals surface area contributed by atoms with E-state index in [-0.39, 0.29) is 0 Å². The highest BCUT2D eigenvalue weighted by atomic mass is 16.5. The molecule has 157 valence electrons. The second-order valence-electron chi connectivity index (χ2n) is 9.74. The molecule has 3 nitrogen and oxygen atoms in total. The summed E-state index contributed by atoms with van der Waals surface area (Å²) in [6, 6.07) is 23.4. The maximum Gasteiger partial charge on any atom is 0.330 e. The third-order valence-corrected chi connectivity index (χ3v) is 7.09. The van der Waals surface area contributed by atoms with Crippen LogP contribution in [-0.2, 0) is 4.65 Å². The molecule has 6 rings (SSSR count). The second-order valence-corrected chi connectivity index (χ2v) is 9.74. The Morgan fingerprint density at radius 3 is 2.34 bits per heavy atom. The minimum Gasteiger partial charge on any atom is -0.455 e. The monoisotopic (exact) mass is 419 g/mol. The number of fused-ring (bicyclic) bond motifs is 7. The molecule has 1 N–H and O–H groups in total. The van der Waals surface area contributed by atoms with Gasteiger partial charge in [0.25, 0.3) is 0 Å². The zero-order chi connectivity index (χ0) is 22.3. The van der Waals surface area contributed by atoms with Gasteiger partial charge in [0.2, 0.25) is 0 Å². The molecule has 1 radical (unpaired) electrons. The lowest BCUT2D eigenvalue weighted by Gasteiger charge is -2.37. The first kappa shape index (κ1) is 19.6. The molecule has 4 aromatic carbocycles. The normalized spacial score (nSPS) is 13.3. The van der Waals surface area contributed by atoms with Crippen LogP contribution in [0.3, 0.4) is 0 Å². The maximum absolute atomic E-state index is 10.4. The Bertz CT molecular complexity index is 1540. The van der Waals surface area contributed by atoms with Gasteiger partial charge in [-0.2, -0.15) is 0 Å². The predicted octanol–water partition coefficient (Wildman–Crippen LogP) is 6.20. The van der Waals surface area contributed by atoms with Gasteiger partial charge in [-0.05, 0) is 62.1 Å². The van der Waals surface area contributed by atoms with Crippen molar-refractivity contribution in [3.63, 3.8) is 0 Å². The third-order valence-electron chi connectivity index (χ3n) is 7.09. The van der Waals surface area contributed by atoms with Gasteiger partial charge in [0.15, 0.2) is 0 Å². The first-order valence-electron chi connectivity index (χ1n) is 11.0. The molecule has 1 aliphatic carbocycles. The van der Waals surface area contributed by atoms with Gasteiger partial charge in [-0.3, -0.25) is 0 Å². The summed E-state index contributed by atoms with van der Waals surface area (Å²) in [5.41, 5.74) is 6.05. The number of para-hydroxylation sites is 1. The van der Waals surface area contributed by atoms with Crippen molar-refractivity contribution in [2.75, 3.05) is 0 Å². The number of furan rings is 1. The van der Waals surface area contributed by atoms with Crippen molar-refractivity contribution < 1.29 is 14.2 Å². The van der Waals surface area contributed by atoms with E-state index < -0.39 is 11.2 Å². The first-order chi connectivity index (χ1) is 15.2. The molecule has 0 saturated carbocycles. The van der Waals surface area contributed by atoms with Gasteiger partial charge >= 0.3 is 7.48 Å². The Kier molecular flexibility index (Phi) is 3.96. The Labute approximate surface area is 187 Å². The van der Waals surface area contributed by atoms with Gasteiger partial charge in [0.1, 0.15) is 11.2 Å². The summed E-state index contributed by atoms with van der Waals surface area (Å²) in [7, 11) is 1.75. The van der Waals surface area contributed by atoms with Crippen LogP contribution in [0, 0.1) is 0 Å². The molecule has 0 bridgehead atoms. The van der Waals surface area contributed by atoms with Crippen molar-refractivity contribution in [2.45, 2.75) is 38.9 Å². The summed E-state index contributed by atoms with van der Waals surface area (Å²) in [6.45, 7) is 7.32. The van der Waals surface area contributed by atoms with E-state index in [9.17, 15) is 5.11 Å². The molecule has 4 heteroatoms. The molecule has 5 aromatic rings. The predicted molar refractivity (Wildman–Crippen MR) is 133 cm³/mol. The average Bonchev–Trinajstić information content (AvgIpc) is 3.29. The maximum atomic E-state index is 10.4.